The molecule has 1 aromatic carbocycles. The first kappa shape index (κ1) is 21.1. The summed E-state index contributed by atoms with van der Waals surface area (Å²) in [5, 5.41) is 11.4. The molecule has 0 amide bonds. The summed E-state index contributed by atoms with van der Waals surface area (Å²) in [6.07, 6.45) is 5.26. The van der Waals surface area contributed by atoms with Crippen LogP contribution in [-0.4, -0.2) is 41.0 Å². The Labute approximate surface area is 184 Å². The summed E-state index contributed by atoms with van der Waals surface area (Å²) in [7, 11) is 0. The summed E-state index contributed by atoms with van der Waals surface area (Å²) in [5.41, 5.74) is 2.35. The maximum Gasteiger partial charge on any atom is 0.191 e. The highest BCUT2D eigenvalue weighted by atomic mass is 127. The molecule has 1 aliphatic carbocycles. The molecule has 1 aromatic heterocycles. The Morgan fingerprint density at radius 3 is 2.96 bits per heavy atom. The molecule has 2 fully saturated rings. The van der Waals surface area contributed by atoms with E-state index in [-0.39, 0.29) is 29.4 Å². The number of hydrogen-bond acceptors (Lipinski definition) is 3. The molecule has 1 saturated heterocycles. The molecule has 3 atom stereocenters. The second kappa shape index (κ2) is 8.82. The number of halogens is 1. The molecular formula is C21H30IN5O. The van der Waals surface area contributed by atoms with Gasteiger partial charge in [0.15, 0.2) is 5.96 Å². The fourth-order valence-corrected chi connectivity index (χ4v) is 4.47. The average molecular weight is 495 g/mol. The number of ether oxygens (including phenoxy) is 1. The Hall–Kier alpha value is -1.61. The number of nitrogens with one attached hydrogen (secondary N) is 2. The lowest BCUT2D eigenvalue weighted by atomic mass is 9.57. The molecule has 2 aromatic rings. The van der Waals surface area contributed by atoms with Gasteiger partial charge in [-0.25, -0.2) is 9.67 Å². The number of aliphatic imine (C=N–C) groups is 1. The molecule has 2 N–H and O–H groups in total. The van der Waals surface area contributed by atoms with Crippen LogP contribution in [0.1, 0.15) is 32.8 Å². The van der Waals surface area contributed by atoms with E-state index in [0.29, 0.717) is 24.6 Å². The van der Waals surface area contributed by atoms with E-state index in [0.717, 1.165) is 36.8 Å². The van der Waals surface area contributed by atoms with Gasteiger partial charge >= 0.3 is 0 Å². The minimum Gasteiger partial charge on any atom is -0.377 e. The maximum absolute atomic E-state index is 5.91. The Balaban J connectivity index is 0.00000225. The monoisotopic (exact) mass is 495 g/mol. The summed E-state index contributed by atoms with van der Waals surface area (Å²) in [6.45, 7) is 9.02. The molecule has 0 spiro atoms. The SMILES string of the molecule is CCNC(=NCc1cccc(-n2cccn2)c1)NC1C2CCOC2C1(C)C.I. The van der Waals surface area contributed by atoms with Crippen molar-refractivity contribution in [3.8, 4) is 5.69 Å². The van der Waals surface area contributed by atoms with Crippen LogP contribution >= 0.6 is 24.0 Å². The zero-order valence-electron chi connectivity index (χ0n) is 16.8. The van der Waals surface area contributed by atoms with Crippen LogP contribution < -0.4 is 10.6 Å². The molecule has 3 unspecified atom stereocenters. The van der Waals surface area contributed by atoms with Crippen molar-refractivity contribution in [2.45, 2.75) is 45.9 Å². The van der Waals surface area contributed by atoms with Gasteiger partial charge < -0.3 is 15.4 Å². The zero-order valence-corrected chi connectivity index (χ0v) is 19.1. The summed E-state index contributed by atoms with van der Waals surface area (Å²) in [4.78, 5) is 4.83. The van der Waals surface area contributed by atoms with Crippen molar-refractivity contribution in [1.82, 2.24) is 20.4 Å². The Kier molecular flexibility index (Phi) is 6.65. The number of hydrogen-bond donors (Lipinski definition) is 2. The highest BCUT2D eigenvalue weighted by Crippen LogP contribution is 2.52. The first-order valence-electron chi connectivity index (χ1n) is 9.85. The van der Waals surface area contributed by atoms with Crippen LogP contribution in [0.5, 0.6) is 0 Å². The normalized spacial score (nSPS) is 25.4. The van der Waals surface area contributed by atoms with Crippen LogP contribution in [0.15, 0.2) is 47.7 Å². The van der Waals surface area contributed by atoms with Crippen molar-refractivity contribution in [2.75, 3.05) is 13.2 Å². The summed E-state index contributed by atoms with van der Waals surface area (Å²) in [5.74, 6) is 1.47. The smallest absolute Gasteiger partial charge is 0.191 e. The van der Waals surface area contributed by atoms with Gasteiger partial charge in [0, 0.05) is 42.9 Å². The maximum atomic E-state index is 5.91. The van der Waals surface area contributed by atoms with Gasteiger partial charge in [0.05, 0.1) is 18.3 Å². The van der Waals surface area contributed by atoms with Crippen LogP contribution in [0.4, 0.5) is 0 Å². The fraction of sp³-hybridized carbons (Fsp3) is 0.524. The molecule has 152 valence electrons. The number of guanidine groups is 1. The lowest BCUT2D eigenvalue weighted by Crippen LogP contribution is -2.67. The van der Waals surface area contributed by atoms with Gasteiger partial charge in [-0.1, -0.05) is 26.0 Å². The van der Waals surface area contributed by atoms with Crippen LogP contribution in [-0.2, 0) is 11.3 Å². The van der Waals surface area contributed by atoms with E-state index in [2.05, 4.69) is 60.8 Å². The molecular weight excluding hydrogens is 465 g/mol. The zero-order chi connectivity index (χ0) is 18.9. The van der Waals surface area contributed by atoms with Gasteiger partial charge in [-0.15, -0.1) is 24.0 Å². The number of benzene rings is 1. The van der Waals surface area contributed by atoms with E-state index in [1.807, 2.05) is 16.9 Å². The highest BCUT2D eigenvalue weighted by Gasteiger charge is 2.59. The number of nitrogens with zero attached hydrogens (tertiary/aromatic N) is 3. The van der Waals surface area contributed by atoms with Crippen LogP contribution in [0.3, 0.4) is 0 Å². The topological polar surface area (TPSA) is 63.5 Å². The van der Waals surface area contributed by atoms with E-state index < -0.39 is 0 Å². The molecule has 0 radical (unpaired) electrons. The van der Waals surface area contributed by atoms with E-state index in [4.69, 9.17) is 9.73 Å². The van der Waals surface area contributed by atoms with Crippen molar-refractivity contribution < 1.29 is 4.74 Å². The van der Waals surface area contributed by atoms with E-state index in [1.165, 1.54) is 0 Å². The standard InChI is InChI=1S/C21H29N5O.HI/c1-4-22-20(25-18-17-9-12-27-19(17)21(18,2)3)23-14-15-7-5-8-16(13-15)26-11-6-10-24-26;/h5-8,10-11,13,17-19H,4,9,12,14H2,1-3H3,(H2,22,23,25);1H. The molecule has 7 heteroatoms. The largest absolute Gasteiger partial charge is 0.377 e. The number of rotatable bonds is 5. The summed E-state index contributed by atoms with van der Waals surface area (Å²) in [6, 6.07) is 10.7. The van der Waals surface area contributed by atoms with E-state index >= 15 is 0 Å². The van der Waals surface area contributed by atoms with Crippen LogP contribution in [0.2, 0.25) is 0 Å². The lowest BCUT2D eigenvalue weighted by molar-refractivity contribution is -0.106. The van der Waals surface area contributed by atoms with Gasteiger partial charge in [0.25, 0.3) is 0 Å². The predicted molar refractivity (Wildman–Crippen MR) is 122 cm³/mol. The van der Waals surface area contributed by atoms with Crippen molar-refractivity contribution in [1.29, 1.82) is 0 Å². The summed E-state index contributed by atoms with van der Waals surface area (Å²) < 4.78 is 7.78. The summed E-state index contributed by atoms with van der Waals surface area (Å²) >= 11 is 0. The third-order valence-electron chi connectivity index (χ3n) is 5.84. The molecule has 2 heterocycles. The molecule has 1 saturated carbocycles. The van der Waals surface area contributed by atoms with E-state index in [1.54, 1.807) is 6.20 Å². The Morgan fingerprint density at radius 2 is 2.21 bits per heavy atom. The first-order chi connectivity index (χ1) is 13.1. The third kappa shape index (κ3) is 4.05. The van der Waals surface area contributed by atoms with Gasteiger partial charge in [-0.05, 0) is 37.1 Å². The Bertz CT molecular complexity index is 805. The average Bonchev–Trinajstić information content (AvgIpc) is 3.35. The first-order valence-corrected chi connectivity index (χ1v) is 9.85. The minimum absolute atomic E-state index is 0. The number of aromatic nitrogens is 2. The van der Waals surface area contributed by atoms with Gasteiger partial charge in [0.2, 0.25) is 0 Å². The van der Waals surface area contributed by atoms with Crippen molar-refractivity contribution >= 4 is 29.9 Å². The van der Waals surface area contributed by atoms with Crippen LogP contribution in [0, 0.1) is 11.3 Å². The fourth-order valence-electron chi connectivity index (χ4n) is 4.47. The predicted octanol–water partition coefficient (Wildman–Crippen LogP) is 3.36. The lowest BCUT2D eigenvalue weighted by Gasteiger charge is -2.54. The molecule has 4 rings (SSSR count). The minimum atomic E-state index is 0. The molecule has 28 heavy (non-hydrogen) atoms. The Morgan fingerprint density at radius 1 is 1.36 bits per heavy atom. The van der Waals surface area contributed by atoms with Gasteiger partial charge in [-0.2, -0.15) is 5.10 Å². The molecule has 2 aliphatic rings. The van der Waals surface area contributed by atoms with Gasteiger partial charge in [-0.3, -0.25) is 0 Å². The second-order valence-electron chi connectivity index (χ2n) is 8.00. The number of fused-ring (bicyclic) bond motifs is 1. The third-order valence-corrected chi connectivity index (χ3v) is 5.84. The van der Waals surface area contributed by atoms with Crippen LogP contribution in [0.25, 0.3) is 5.69 Å². The molecule has 0 bridgehead atoms. The van der Waals surface area contributed by atoms with Crippen molar-refractivity contribution in [3.63, 3.8) is 0 Å². The van der Waals surface area contributed by atoms with Crippen molar-refractivity contribution in [2.24, 2.45) is 16.3 Å². The van der Waals surface area contributed by atoms with Crippen molar-refractivity contribution in [3.05, 3.63) is 48.3 Å². The molecule has 1 aliphatic heterocycles. The van der Waals surface area contributed by atoms with Gasteiger partial charge in [0.1, 0.15) is 0 Å². The van der Waals surface area contributed by atoms with E-state index in [9.17, 15) is 0 Å². The highest BCUT2D eigenvalue weighted by molar-refractivity contribution is 14.0. The molecule has 6 nitrogen and oxygen atoms in total. The second-order valence-corrected chi connectivity index (χ2v) is 8.00. The quantitative estimate of drug-likeness (QED) is 0.380.